The predicted octanol–water partition coefficient (Wildman–Crippen LogP) is 5.00. The number of carbonyl (C=O) groups excluding carboxylic acids is 1. The fraction of sp³-hybridized carbons (Fsp3) is 0.526. The van der Waals surface area contributed by atoms with E-state index in [1.807, 2.05) is 24.3 Å². The van der Waals surface area contributed by atoms with Crippen molar-refractivity contribution in [1.29, 1.82) is 0 Å². The van der Waals surface area contributed by atoms with Gasteiger partial charge in [0, 0.05) is 24.7 Å². The highest BCUT2D eigenvalue weighted by atomic mass is 35.5. The average Bonchev–Trinajstić information content (AvgIpc) is 3.32. The summed E-state index contributed by atoms with van der Waals surface area (Å²) in [5.41, 5.74) is 0. The second kappa shape index (κ2) is 5.96. The molecule has 2 aromatic rings. The number of hydrogen-bond donors (Lipinski definition) is 0. The monoisotopic (exact) mass is 366 g/mol. The summed E-state index contributed by atoms with van der Waals surface area (Å²) in [5, 5.41) is 0. The molecule has 0 spiro atoms. The maximum atomic E-state index is 13.4. The molecular formula is C19H20Cl2O3. The Bertz CT molecular complexity index is 637. The first kappa shape index (κ1) is 16.3. The van der Waals surface area contributed by atoms with E-state index in [9.17, 15) is 4.79 Å². The number of ketones is 1. The standard InChI is InChI=1S/C19H20Cl2O3/c20-18(5-6-18)15(11-13-3-1-9-23-13)17(22)16(19(21)7-8-19)12-14-4-2-10-24-14/h1-4,9-10,15-16H,5-8,11-12H2. The summed E-state index contributed by atoms with van der Waals surface area (Å²) < 4.78 is 10.9. The van der Waals surface area contributed by atoms with Gasteiger partial charge in [-0.3, -0.25) is 4.79 Å². The molecular weight excluding hydrogens is 347 g/mol. The van der Waals surface area contributed by atoms with Gasteiger partial charge in [-0.05, 0) is 49.9 Å². The van der Waals surface area contributed by atoms with E-state index in [4.69, 9.17) is 32.0 Å². The molecule has 24 heavy (non-hydrogen) atoms. The van der Waals surface area contributed by atoms with Gasteiger partial charge in [0.05, 0.1) is 22.3 Å². The van der Waals surface area contributed by atoms with Gasteiger partial charge in [-0.15, -0.1) is 23.2 Å². The number of carbonyl (C=O) groups is 1. The molecule has 2 aliphatic rings. The number of furan rings is 2. The van der Waals surface area contributed by atoms with Crippen LogP contribution in [0.5, 0.6) is 0 Å². The van der Waals surface area contributed by atoms with E-state index in [1.165, 1.54) is 0 Å². The van der Waals surface area contributed by atoms with Crippen LogP contribution in [-0.2, 0) is 17.6 Å². The van der Waals surface area contributed by atoms with Crippen LogP contribution >= 0.6 is 23.2 Å². The number of alkyl halides is 2. The normalized spacial score (nSPS) is 22.8. The van der Waals surface area contributed by atoms with Crippen LogP contribution in [-0.4, -0.2) is 15.5 Å². The minimum Gasteiger partial charge on any atom is -0.469 e. The van der Waals surface area contributed by atoms with E-state index in [0.717, 1.165) is 37.2 Å². The first-order valence-electron chi connectivity index (χ1n) is 8.46. The molecule has 4 rings (SSSR count). The maximum absolute atomic E-state index is 13.4. The van der Waals surface area contributed by atoms with Crippen LogP contribution in [0.3, 0.4) is 0 Å². The molecule has 2 atom stereocenters. The Kier molecular flexibility index (Phi) is 4.04. The van der Waals surface area contributed by atoms with Gasteiger partial charge < -0.3 is 8.83 Å². The van der Waals surface area contributed by atoms with Gasteiger partial charge in [0.25, 0.3) is 0 Å². The molecule has 0 bridgehead atoms. The molecule has 2 unspecified atom stereocenters. The summed E-state index contributed by atoms with van der Waals surface area (Å²) in [4.78, 5) is 12.5. The number of halogens is 2. The summed E-state index contributed by atoms with van der Waals surface area (Å²) in [6.45, 7) is 0. The second-order valence-electron chi connectivity index (χ2n) is 7.14. The SMILES string of the molecule is O=C(C(Cc1ccco1)C1(Cl)CC1)C(Cc1ccco1)C1(Cl)CC1. The molecule has 0 aromatic carbocycles. The average molecular weight is 367 g/mol. The Morgan fingerprint density at radius 2 is 1.33 bits per heavy atom. The lowest BCUT2D eigenvalue weighted by molar-refractivity contribution is -0.127. The number of Topliss-reactive ketones (excluding diaryl/α,β-unsaturated/α-hetero) is 1. The topological polar surface area (TPSA) is 43.4 Å². The third kappa shape index (κ3) is 3.16. The van der Waals surface area contributed by atoms with Gasteiger partial charge in [-0.25, -0.2) is 0 Å². The molecule has 3 nitrogen and oxygen atoms in total. The summed E-state index contributed by atoms with van der Waals surface area (Å²) in [6.07, 6.45) is 7.82. The predicted molar refractivity (Wildman–Crippen MR) is 92.4 cm³/mol. The summed E-state index contributed by atoms with van der Waals surface area (Å²) in [5.74, 6) is 1.23. The van der Waals surface area contributed by atoms with Crippen LogP contribution in [0.15, 0.2) is 45.6 Å². The van der Waals surface area contributed by atoms with E-state index in [-0.39, 0.29) is 17.6 Å². The minimum absolute atomic E-state index is 0.155. The van der Waals surface area contributed by atoms with Crippen molar-refractivity contribution in [2.75, 3.05) is 0 Å². The highest BCUT2D eigenvalue weighted by molar-refractivity contribution is 6.29. The van der Waals surface area contributed by atoms with Crippen LogP contribution in [0.2, 0.25) is 0 Å². The van der Waals surface area contributed by atoms with Gasteiger partial charge in [0.1, 0.15) is 17.3 Å². The zero-order valence-electron chi connectivity index (χ0n) is 13.3. The van der Waals surface area contributed by atoms with E-state index in [2.05, 4.69) is 0 Å². The largest absolute Gasteiger partial charge is 0.469 e. The Hall–Kier alpha value is -1.19. The molecule has 5 heteroatoms. The van der Waals surface area contributed by atoms with Crippen LogP contribution in [0.1, 0.15) is 37.2 Å². The molecule has 0 amide bonds. The lowest BCUT2D eigenvalue weighted by Gasteiger charge is -2.27. The molecule has 2 fully saturated rings. The van der Waals surface area contributed by atoms with E-state index < -0.39 is 9.75 Å². The fourth-order valence-corrected chi connectivity index (χ4v) is 4.07. The van der Waals surface area contributed by atoms with Gasteiger partial charge >= 0.3 is 0 Å². The quantitative estimate of drug-likeness (QED) is 0.617. The lowest BCUT2D eigenvalue weighted by Crippen LogP contribution is -2.38. The summed E-state index contributed by atoms with van der Waals surface area (Å²) in [6, 6.07) is 7.49. The van der Waals surface area contributed by atoms with Gasteiger partial charge in [0.15, 0.2) is 0 Å². The fourth-order valence-electron chi connectivity index (χ4n) is 3.52. The minimum atomic E-state index is -0.437. The second-order valence-corrected chi connectivity index (χ2v) is 8.65. The van der Waals surface area contributed by atoms with Crippen molar-refractivity contribution in [3.63, 3.8) is 0 Å². The molecule has 2 aromatic heterocycles. The van der Waals surface area contributed by atoms with Crippen LogP contribution in [0.4, 0.5) is 0 Å². The molecule has 2 aliphatic carbocycles. The van der Waals surface area contributed by atoms with Gasteiger partial charge in [0.2, 0.25) is 0 Å². The van der Waals surface area contributed by atoms with Crippen molar-refractivity contribution < 1.29 is 13.6 Å². The summed E-state index contributed by atoms with van der Waals surface area (Å²) in [7, 11) is 0. The zero-order chi connectivity index (χ0) is 16.8. The third-order valence-electron chi connectivity index (χ3n) is 5.36. The molecule has 0 saturated heterocycles. The number of hydrogen-bond acceptors (Lipinski definition) is 3. The first-order valence-corrected chi connectivity index (χ1v) is 9.22. The zero-order valence-corrected chi connectivity index (χ0v) is 14.9. The molecule has 0 N–H and O–H groups in total. The third-order valence-corrected chi connectivity index (χ3v) is 6.64. The smallest absolute Gasteiger partial charge is 0.143 e. The van der Waals surface area contributed by atoms with Crippen molar-refractivity contribution >= 4 is 29.0 Å². The summed E-state index contributed by atoms with van der Waals surface area (Å²) >= 11 is 13.4. The molecule has 0 aliphatic heterocycles. The van der Waals surface area contributed by atoms with Crippen LogP contribution in [0, 0.1) is 11.8 Å². The molecule has 2 saturated carbocycles. The molecule has 128 valence electrons. The highest BCUT2D eigenvalue weighted by Crippen LogP contribution is 2.55. The van der Waals surface area contributed by atoms with Gasteiger partial charge in [-0.1, -0.05) is 0 Å². The van der Waals surface area contributed by atoms with Crippen molar-refractivity contribution in [1.82, 2.24) is 0 Å². The van der Waals surface area contributed by atoms with Crippen LogP contribution < -0.4 is 0 Å². The van der Waals surface area contributed by atoms with Gasteiger partial charge in [-0.2, -0.15) is 0 Å². The number of rotatable bonds is 8. The Balaban J connectivity index is 1.59. The van der Waals surface area contributed by atoms with E-state index in [0.29, 0.717) is 12.8 Å². The van der Waals surface area contributed by atoms with Crippen molar-refractivity contribution in [2.24, 2.45) is 11.8 Å². The van der Waals surface area contributed by atoms with Crippen molar-refractivity contribution in [3.8, 4) is 0 Å². The van der Waals surface area contributed by atoms with Crippen LogP contribution in [0.25, 0.3) is 0 Å². The van der Waals surface area contributed by atoms with E-state index in [1.54, 1.807) is 12.5 Å². The lowest BCUT2D eigenvalue weighted by atomic mass is 9.81. The maximum Gasteiger partial charge on any atom is 0.143 e. The molecule has 2 heterocycles. The van der Waals surface area contributed by atoms with Crippen molar-refractivity contribution in [2.45, 2.75) is 48.3 Å². The van der Waals surface area contributed by atoms with E-state index >= 15 is 0 Å². The van der Waals surface area contributed by atoms with Crippen molar-refractivity contribution in [3.05, 3.63) is 48.3 Å². The Labute approximate surface area is 151 Å². The molecule has 0 radical (unpaired) electrons. The first-order chi connectivity index (χ1) is 11.5. The highest BCUT2D eigenvalue weighted by Gasteiger charge is 2.57. The Morgan fingerprint density at radius 1 is 0.917 bits per heavy atom. The Morgan fingerprint density at radius 3 is 1.62 bits per heavy atom.